The number of aromatic nitrogens is 1. The number of carbonyl (C=O) groups excluding carboxylic acids is 1. The van der Waals surface area contributed by atoms with Crippen LogP contribution in [0.4, 0.5) is 19.3 Å². The first kappa shape index (κ1) is 20.0. The number of rotatable bonds is 7. The van der Waals surface area contributed by atoms with Gasteiger partial charge in [0.25, 0.3) is 0 Å². The van der Waals surface area contributed by atoms with Gasteiger partial charge >= 0.3 is 12.2 Å². The predicted molar refractivity (Wildman–Crippen MR) is 105 cm³/mol. The van der Waals surface area contributed by atoms with Gasteiger partial charge in [-0.25, -0.2) is 18.3 Å². The summed E-state index contributed by atoms with van der Waals surface area (Å²) in [5.74, 6) is -1.04. The summed E-state index contributed by atoms with van der Waals surface area (Å²) >= 11 is 1.11. The fraction of sp³-hybridized carbons (Fsp3) is 0.158. The normalized spacial score (nSPS) is 13.0. The van der Waals surface area contributed by atoms with Crippen LogP contribution in [0, 0.1) is 11.6 Å². The predicted octanol–water partition coefficient (Wildman–Crippen LogP) is 4.45. The Morgan fingerprint density at radius 1 is 1.33 bits per heavy atom. The molecule has 1 aliphatic rings. The maximum absolute atomic E-state index is 14.7. The zero-order valence-electron chi connectivity index (χ0n) is 15.6. The van der Waals surface area contributed by atoms with Gasteiger partial charge in [-0.2, -0.15) is 4.98 Å². The van der Waals surface area contributed by atoms with E-state index in [2.05, 4.69) is 14.4 Å². The van der Waals surface area contributed by atoms with Gasteiger partial charge < -0.3 is 18.6 Å². The standard InChI is InChI=1S/C19H16F2N4O4S/c1-22-30-24-15-4-2-3-11(17(15)21)9-25-10-13-14(20)7-12(8-16(13)29-19(25)26)28-18-23-5-6-27-18/h2-8,22,24H,9-10H2,1H3. The molecule has 0 unspecified atom stereocenters. The molecule has 1 amide bonds. The maximum atomic E-state index is 14.7. The molecule has 3 aromatic rings. The Bertz CT molecular complexity index is 1060. The molecule has 0 saturated carbocycles. The van der Waals surface area contributed by atoms with Gasteiger partial charge in [0, 0.05) is 29.8 Å². The molecule has 1 aromatic heterocycles. The summed E-state index contributed by atoms with van der Waals surface area (Å²) in [5, 5.41) is 0. The summed E-state index contributed by atoms with van der Waals surface area (Å²) in [6.45, 7) is -0.167. The van der Waals surface area contributed by atoms with Crippen molar-refractivity contribution in [1.82, 2.24) is 14.6 Å². The van der Waals surface area contributed by atoms with E-state index in [1.54, 1.807) is 25.2 Å². The smallest absolute Gasteiger partial charge is 0.415 e. The maximum Gasteiger partial charge on any atom is 0.415 e. The highest BCUT2D eigenvalue weighted by molar-refractivity contribution is 7.98. The van der Waals surface area contributed by atoms with Crippen molar-refractivity contribution < 1.29 is 27.5 Å². The van der Waals surface area contributed by atoms with E-state index in [1.165, 1.54) is 23.4 Å². The Kier molecular flexibility index (Phi) is 5.72. The minimum Gasteiger partial charge on any atom is -0.417 e. The molecule has 156 valence electrons. The first-order valence-corrected chi connectivity index (χ1v) is 9.59. The SMILES string of the molecule is CNSNc1cccc(CN2Cc3c(F)cc(Oc4ncco4)cc3OC2=O)c1F. The fourth-order valence-corrected chi connectivity index (χ4v) is 3.25. The second-order valence-electron chi connectivity index (χ2n) is 6.19. The number of hydrogen-bond donors (Lipinski definition) is 2. The summed E-state index contributed by atoms with van der Waals surface area (Å²) in [6, 6.07) is 7.30. The number of carbonyl (C=O) groups is 1. The van der Waals surface area contributed by atoms with Crippen molar-refractivity contribution in [2.24, 2.45) is 0 Å². The van der Waals surface area contributed by atoms with Gasteiger partial charge in [0.1, 0.15) is 23.6 Å². The van der Waals surface area contributed by atoms with E-state index >= 15 is 0 Å². The number of nitrogens with one attached hydrogen (secondary N) is 2. The molecule has 8 nitrogen and oxygen atoms in total. The number of ether oxygens (including phenoxy) is 2. The molecule has 11 heteroatoms. The van der Waals surface area contributed by atoms with Crippen molar-refractivity contribution in [3.8, 4) is 17.6 Å². The zero-order valence-corrected chi connectivity index (χ0v) is 16.5. The summed E-state index contributed by atoms with van der Waals surface area (Å²) in [5.41, 5.74) is 0.688. The van der Waals surface area contributed by atoms with Gasteiger partial charge in [0.15, 0.2) is 5.82 Å². The number of oxazole rings is 1. The van der Waals surface area contributed by atoms with Gasteiger partial charge in [0.05, 0.1) is 30.5 Å². The van der Waals surface area contributed by atoms with Crippen LogP contribution in [0.2, 0.25) is 0 Å². The van der Waals surface area contributed by atoms with E-state index in [1.807, 2.05) is 0 Å². The van der Waals surface area contributed by atoms with E-state index in [0.717, 1.165) is 18.2 Å². The lowest BCUT2D eigenvalue weighted by molar-refractivity contribution is 0.133. The van der Waals surface area contributed by atoms with Crippen molar-refractivity contribution in [1.29, 1.82) is 0 Å². The van der Waals surface area contributed by atoms with Crippen LogP contribution in [-0.4, -0.2) is 23.0 Å². The van der Waals surface area contributed by atoms with Crippen molar-refractivity contribution in [3.05, 3.63) is 65.6 Å². The van der Waals surface area contributed by atoms with Crippen LogP contribution >= 0.6 is 12.1 Å². The number of fused-ring (bicyclic) bond motifs is 1. The molecule has 1 aliphatic heterocycles. The van der Waals surface area contributed by atoms with Crippen LogP contribution < -0.4 is 18.9 Å². The summed E-state index contributed by atoms with van der Waals surface area (Å²) in [4.78, 5) is 17.4. The van der Waals surface area contributed by atoms with E-state index in [-0.39, 0.29) is 47.5 Å². The summed E-state index contributed by atoms with van der Waals surface area (Å²) in [6.07, 6.45) is 1.89. The summed E-state index contributed by atoms with van der Waals surface area (Å²) in [7, 11) is 1.69. The average Bonchev–Trinajstić information content (AvgIpc) is 3.22. The second kappa shape index (κ2) is 8.59. The van der Waals surface area contributed by atoms with E-state index < -0.39 is 17.7 Å². The van der Waals surface area contributed by atoms with Crippen LogP contribution in [-0.2, 0) is 13.1 Å². The lowest BCUT2D eigenvalue weighted by Crippen LogP contribution is -2.37. The van der Waals surface area contributed by atoms with Crippen LogP contribution in [0.15, 0.2) is 47.2 Å². The lowest BCUT2D eigenvalue weighted by Gasteiger charge is -2.28. The quantitative estimate of drug-likeness (QED) is 0.527. The second-order valence-corrected chi connectivity index (χ2v) is 7.01. The van der Waals surface area contributed by atoms with Crippen molar-refractivity contribution >= 4 is 23.9 Å². The third kappa shape index (κ3) is 4.16. The third-order valence-electron chi connectivity index (χ3n) is 4.25. The third-order valence-corrected chi connectivity index (χ3v) is 4.78. The van der Waals surface area contributed by atoms with Crippen LogP contribution in [0.25, 0.3) is 0 Å². The number of benzene rings is 2. The molecular formula is C19H16F2N4O4S. The Morgan fingerprint density at radius 2 is 2.20 bits per heavy atom. The molecular weight excluding hydrogens is 418 g/mol. The van der Waals surface area contributed by atoms with Gasteiger partial charge in [-0.15, -0.1) is 0 Å². The molecule has 4 rings (SSSR count). The van der Waals surface area contributed by atoms with Gasteiger partial charge in [0.2, 0.25) is 0 Å². The molecule has 0 saturated heterocycles. The van der Waals surface area contributed by atoms with Crippen molar-refractivity contribution in [3.63, 3.8) is 0 Å². The van der Waals surface area contributed by atoms with Crippen molar-refractivity contribution in [2.45, 2.75) is 13.1 Å². The Hall–Kier alpha value is -3.31. The molecule has 0 aliphatic carbocycles. The molecule has 2 N–H and O–H groups in total. The highest BCUT2D eigenvalue weighted by atomic mass is 32.2. The number of amides is 1. The van der Waals surface area contributed by atoms with E-state index in [0.29, 0.717) is 0 Å². The van der Waals surface area contributed by atoms with Crippen LogP contribution in [0.5, 0.6) is 17.6 Å². The zero-order chi connectivity index (χ0) is 21.1. The fourth-order valence-electron chi connectivity index (χ4n) is 2.88. The van der Waals surface area contributed by atoms with Gasteiger partial charge in [-0.3, -0.25) is 4.90 Å². The number of anilines is 1. The number of hydrogen-bond acceptors (Lipinski definition) is 8. The van der Waals surface area contributed by atoms with Crippen LogP contribution in [0.3, 0.4) is 0 Å². The number of nitrogens with zero attached hydrogens (tertiary/aromatic N) is 2. The monoisotopic (exact) mass is 434 g/mol. The Morgan fingerprint density at radius 3 is 2.97 bits per heavy atom. The van der Waals surface area contributed by atoms with Gasteiger partial charge in [-0.05, 0) is 13.1 Å². The molecule has 0 spiro atoms. The van der Waals surface area contributed by atoms with E-state index in [9.17, 15) is 13.6 Å². The number of halogens is 2. The average molecular weight is 434 g/mol. The lowest BCUT2D eigenvalue weighted by atomic mass is 10.1. The minimum absolute atomic E-state index is 0.0270. The van der Waals surface area contributed by atoms with E-state index in [4.69, 9.17) is 13.9 Å². The first-order chi connectivity index (χ1) is 14.5. The molecule has 30 heavy (non-hydrogen) atoms. The molecule has 0 fully saturated rings. The molecule has 0 atom stereocenters. The highest BCUT2D eigenvalue weighted by Gasteiger charge is 2.29. The Labute approximate surface area is 174 Å². The van der Waals surface area contributed by atoms with Crippen LogP contribution in [0.1, 0.15) is 11.1 Å². The van der Waals surface area contributed by atoms with Crippen molar-refractivity contribution in [2.75, 3.05) is 11.8 Å². The molecule has 0 radical (unpaired) electrons. The minimum atomic E-state index is -0.725. The molecule has 2 heterocycles. The van der Waals surface area contributed by atoms with Gasteiger partial charge in [-0.1, -0.05) is 12.1 Å². The topological polar surface area (TPSA) is 88.9 Å². The largest absolute Gasteiger partial charge is 0.417 e. The summed E-state index contributed by atoms with van der Waals surface area (Å²) < 4.78 is 50.4. The molecule has 0 bridgehead atoms. The Balaban J connectivity index is 1.53. The highest BCUT2D eigenvalue weighted by Crippen LogP contribution is 2.35. The molecule has 2 aromatic carbocycles. The first-order valence-electron chi connectivity index (χ1n) is 8.77.